The highest BCUT2D eigenvalue weighted by Gasteiger charge is 2.45. The lowest BCUT2D eigenvalue weighted by atomic mass is 9.33. The summed E-state index contributed by atoms with van der Waals surface area (Å²) in [5.41, 5.74) is 29.8. The molecule has 0 fully saturated rings. The molecule has 3 heterocycles. The van der Waals surface area contributed by atoms with Gasteiger partial charge in [-0.3, -0.25) is 0 Å². The van der Waals surface area contributed by atoms with Gasteiger partial charge in [-0.15, -0.1) is 0 Å². The Morgan fingerprint density at radius 3 is 0.626 bits per heavy atom. The van der Waals surface area contributed by atoms with Gasteiger partial charge in [-0.05, 0) is 224 Å². The van der Waals surface area contributed by atoms with Crippen molar-refractivity contribution in [3.8, 4) is 123 Å². The fraction of sp³-hybridized carbons (Fsp3) is 0. The third-order valence-corrected chi connectivity index (χ3v) is 21.3. The fourth-order valence-corrected chi connectivity index (χ4v) is 16.2. The van der Waals surface area contributed by atoms with Crippen LogP contribution in [0.4, 0.5) is 34.1 Å². The molecule has 107 heavy (non-hydrogen) atoms. The molecule has 0 aliphatic carbocycles. The van der Waals surface area contributed by atoms with Crippen molar-refractivity contribution in [3.63, 3.8) is 0 Å². The van der Waals surface area contributed by atoms with E-state index in [4.69, 9.17) is 15.0 Å². The van der Waals surface area contributed by atoms with Crippen molar-refractivity contribution in [2.24, 2.45) is 0 Å². The van der Waals surface area contributed by atoms with Gasteiger partial charge in [-0.2, -0.15) is 0 Å². The molecule has 20 rings (SSSR count). The SMILES string of the molecule is c1ccc(-c2cc(-c3ccccc3)cc(-c3nc(-c4cc(-c5ccccc5)cc(-c5ccccc5)c4)nc(-c4cc5c6c(c4)N(c4cc(-c7ccccc7)cc(-c7ccccc7)c4)c4cc7ccccc7cc4B6c4cc6ccccc6cc4N5c4cc(-c5ccccc5)cc(-c5ccccc5)c4)n3)c2)cc1. The number of hydrogen-bond donors (Lipinski definition) is 0. The highest BCUT2D eigenvalue weighted by molar-refractivity contribution is 7.00. The number of fused-ring (bicyclic) bond motifs is 6. The Hall–Kier alpha value is -14.1. The van der Waals surface area contributed by atoms with Gasteiger partial charge >= 0.3 is 0 Å². The molecule has 0 saturated heterocycles. The Morgan fingerprint density at radius 1 is 0.168 bits per heavy atom. The van der Waals surface area contributed by atoms with Crippen LogP contribution in [-0.4, -0.2) is 21.7 Å². The lowest BCUT2D eigenvalue weighted by Gasteiger charge is -2.45. The maximum atomic E-state index is 5.91. The minimum atomic E-state index is -0.253. The molecule has 0 N–H and O–H groups in total. The predicted molar refractivity (Wildman–Crippen MR) is 449 cm³/mol. The van der Waals surface area contributed by atoms with Gasteiger partial charge < -0.3 is 9.80 Å². The minimum absolute atomic E-state index is 0.253. The maximum Gasteiger partial charge on any atom is 0.252 e. The van der Waals surface area contributed by atoms with E-state index in [1.165, 1.54) is 21.7 Å². The number of anilines is 6. The predicted octanol–water partition coefficient (Wildman–Crippen LogP) is 24.6. The van der Waals surface area contributed by atoms with Crippen molar-refractivity contribution in [2.75, 3.05) is 9.80 Å². The van der Waals surface area contributed by atoms with Crippen molar-refractivity contribution in [3.05, 3.63) is 400 Å². The third kappa shape index (κ3) is 11.7. The van der Waals surface area contributed by atoms with E-state index in [2.05, 4.69) is 410 Å². The van der Waals surface area contributed by atoms with Gasteiger partial charge in [0.25, 0.3) is 6.71 Å². The van der Waals surface area contributed by atoms with E-state index in [-0.39, 0.29) is 6.71 Å². The molecule has 6 heteroatoms. The summed E-state index contributed by atoms with van der Waals surface area (Å²) in [6.45, 7) is -0.253. The van der Waals surface area contributed by atoms with E-state index in [9.17, 15) is 0 Å². The zero-order chi connectivity index (χ0) is 70.7. The second kappa shape index (κ2) is 26.6. The molecule has 0 spiro atoms. The van der Waals surface area contributed by atoms with Gasteiger partial charge in [-0.25, -0.2) is 15.0 Å². The van der Waals surface area contributed by atoms with E-state index < -0.39 is 0 Å². The van der Waals surface area contributed by atoms with Crippen molar-refractivity contribution in [2.45, 2.75) is 0 Å². The van der Waals surface area contributed by atoms with E-state index >= 15 is 0 Å². The van der Waals surface area contributed by atoms with Crippen LogP contribution in [0.1, 0.15) is 0 Å². The van der Waals surface area contributed by atoms with Gasteiger partial charge in [0, 0.05) is 50.8 Å². The second-order valence-corrected chi connectivity index (χ2v) is 27.9. The highest BCUT2D eigenvalue weighted by atomic mass is 15.2. The van der Waals surface area contributed by atoms with Gasteiger partial charge in [-0.1, -0.05) is 303 Å². The average molecular weight is 1360 g/mol. The normalized spacial score (nSPS) is 12.1. The molecule has 498 valence electrons. The molecule has 5 nitrogen and oxygen atoms in total. The number of hydrogen-bond acceptors (Lipinski definition) is 5. The average Bonchev–Trinajstić information content (AvgIpc) is 0.689. The fourth-order valence-electron chi connectivity index (χ4n) is 16.2. The van der Waals surface area contributed by atoms with Gasteiger partial charge in [0.05, 0.1) is 0 Å². The first-order chi connectivity index (χ1) is 53.0. The number of aromatic nitrogens is 3. The quantitative estimate of drug-likeness (QED) is 0.108. The number of benzene rings is 17. The standard InChI is InChI=1S/C101H66BN5/c1-9-29-67(30-10-1)79-49-80(68-31-11-2-12-32-68)54-87(53-79)99-103-100(88-55-81(69-33-13-3-14-34-69)50-82(56-88)70-35-15-4-16-36-70)105-101(104-99)89-65-96-98-97(66-89)107(91-59-85(73-41-21-7-22-42-73)52-86(60-91)74-43-23-8-24-44-74)95-64-78-48-28-26-46-76(78)62-93(95)102(98)92-61-75-45-25-27-47-77(75)63-94(92)106(96)90-57-83(71-37-17-5-18-38-71)51-84(58-90)72-39-19-6-20-40-72/h1-66H. The van der Waals surface area contributed by atoms with Crippen LogP contribution in [0.15, 0.2) is 400 Å². The van der Waals surface area contributed by atoms with Crippen LogP contribution in [0.5, 0.6) is 0 Å². The monoisotopic (exact) mass is 1360 g/mol. The van der Waals surface area contributed by atoms with E-state index in [1.807, 2.05) is 0 Å². The zero-order valence-electron chi connectivity index (χ0n) is 58.4. The molecule has 0 atom stereocenters. The lowest BCUT2D eigenvalue weighted by Crippen LogP contribution is -2.61. The van der Waals surface area contributed by atoms with E-state index in [1.54, 1.807) is 0 Å². The van der Waals surface area contributed by atoms with E-state index in [0.717, 1.165) is 156 Å². The third-order valence-electron chi connectivity index (χ3n) is 21.3. The van der Waals surface area contributed by atoms with Crippen LogP contribution in [0, 0.1) is 0 Å². The van der Waals surface area contributed by atoms with Crippen molar-refractivity contribution < 1.29 is 0 Å². The maximum absolute atomic E-state index is 5.91. The summed E-state index contributed by atoms with van der Waals surface area (Å²) >= 11 is 0. The molecule has 2 aliphatic heterocycles. The summed E-state index contributed by atoms with van der Waals surface area (Å²) < 4.78 is 0. The summed E-state index contributed by atoms with van der Waals surface area (Å²) in [7, 11) is 0. The molecule has 0 amide bonds. The lowest BCUT2D eigenvalue weighted by molar-refractivity contribution is 1.07. The Morgan fingerprint density at radius 2 is 0.374 bits per heavy atom. The molecular weight excluding hydrogens is 1290 g/mol. The topological polar surface area (TPSA) is 45.2 Å². The molecule has 0 radical (unpaired) electrons. The highest BCUT2D eigenvalue weighted by Crippen LogP contribution is 2.50. The first kappa shape index (κ1) is 62.7. The summed E-state index contributed by atoms with van der Waals surface area (Å²) in [4.78, 5) is 22.7. The van der Waals surface area contributed by atoms with Crippen molar-refractivity contribution in [1.29, 1.82) is 0 Å². The van der Waals surface area contributed by atoms with E-state index in [0.29, 0.717) is 17.5 Å². The molecule has 18 aromatic rings. The second-order valence-electron chi connectivity index (χ2n) is 27.9. The summed E-state index contributed by atoms with van der Waals surface area (Å²) in [6.07, 6.45) is 0. The summed E-state index contributed by atoms with van der Waals surface area (Å²) in [5.74, 6) is 1.62. The number of nitrogens with zero attached hydrogens (tertiary/aromatic N) is 5. The van der Waals surface area contributed by atoms with Crippen LogP contribution in [0.3, 0.4) is 0 Å². The van der Waals surface area contributed by atoms with Gasteiger partial charge in [0.2, 0.25) is 0 Å². The first-order valence-corrected chi connectivity index (χ1v) is 36.6. The zero-order valence-corrected chi connectivity index (χ0v) is 58.4. The Kier molecular flexibility index (Phi) is 15.6. The van der Waals surface area contributed by atoms with Crippen molar-refractivity contribution >= 4 is 78.8 Å². The smallest absolute Gasteiger partial charge is 0.252 e. The van der Waals surface area contributed by atoms with Crippen LogP contribution in [0.25, 0.3) is 145 Å². The Labute approximate surface area is 623 Å². The first-order valence-electron chi connectivity index (χ1n) is 36.6. The van der Waals surface area contributed by atoms with Crippen LogP contribution < -0.4 is 26.2 Å². The van der Waals surface area contributed by atoms with Crippen LogP contribution >= 0.6 is 0 Å². The Balaban J connectivity index is 0.932. The van der Waals surface area contributed by atoms with Crippen molar-refractivity contribution in [1.82, 2.24) is 15.0 Å². The summed E-state index contributed by atoms with van der Waals surface area (Å²) in [5, 5.41) is 4.64. The number of rotatable bonds is 13. The van der Waals surface area contributed by atoms with Crippen LogP contribution in [0.2, 0.25) is 0 Å². The van der Waals surface area contributed by atoms with Gasteiger partial charge in [0.15, 0.2) is 17.5 Å². The molecular formula is C101H66BN5. The molecule has 1 aromatic heterocycles. The van der Waals surface area contributed by atoms with Crippen LogP contribution in [-0.2, 0) is 0 Å². The molecule has 17 aromatic carbocycles. The summed E-state index contributed by atoms with van der Waals surface area (Å²) in [6, 6.07) is 146. The molecule has 0 bridgehead atoms. The molecule has 0 saturated carbocycles. The molecule has 2 aliphatic rings. The Bertz CT molecular complexity index is 5800. The molecule has 0 unspecified atom stereocenters. The largest absolute Gasteiger partial charge is 0.311 e. The minimum Gasteiger partial charge on any atom is -0.311 e. The van der Waals surface area contributed by atoms with Gasteiger partial charge in [0.1, 0.15) is 0 Å².